The number of pyridine rings is 1. The van der Waals surface area contributed by atoms with E-state index in [1.165, 1.54) is 13.3 Å². The third-order valence-electron chi connectivity index (χ3n) is 17.8. The van der Waals surface area contributed by atoms with Crippen LogP contribution >= 0.6 is 0 Å². The predicted molar refractivity (Wildman–Crippen MR) is 292 cm³/mol. The number of cyclic esters (lactones) is 1. The van der Waals surface area contributed by atoms with Crippen LogP contribution < -0.4 is 10.7 Å². The van der Waals surface area contributed by atoms with Gasteiger partial charge in [0, 0.05) is 82.4 Å². The number of halogens is 1. The van der Waals surface area contributed by atoms with Gasteiger partial charge in [0.25, 0.3) is 0 Å². The summed E-state index contributed by atoms with van der Waals surface area (Å²) in [5, 5.41) is 24.7. The molecule has 450 valence electrons. The first-order chi connectivity index (χ1) is 37.6. The lowest BCUT2D eigenvalue weighted by atomic mass is 9.74. The number of fused-ring (bicyclic) bond motifs is 2. The summed E-state index contributed by atoms with van der Waals surface area (Å²) in [6.07, 6.45) is -5.05. The van der Waals surface area contributed by atoms with E-state index in [0.29, 0.717) is 44.6 Å². The van der Waals surface area contributed by atoms with Crippen molar-refractivity contribution in [3.63, 3.8) is 0 Å². The van der Waals surface area contributed by atoms with Gasteiger partial charge in [0.05, 0.1) is 58.7 Å². The highest BCUT2D eigenvalue weighted by molar-refractivity contribution is 5.93. The number of benzene rings is 1. The maximum Gasteiger partial charge on any atom is 0.509 e. The van der Waals surface area contributed by atoms with Crippen LogP contribution in [0.15, 0.2) is 23.1 Å². The normalized spacial score (nSPS) is 37.5. The van der Waals surface area contributed by atoms with E-state index in [9.17, 15) is 34.2 Å². The third-order valence-corrected chi connectivity index (χ3v) is 17.8. The second kappa shape index (κ2) is 25.6. The number of aromatic carboxylic acids is 1. The smallest absolute Gasteiger partial charge is 0.477 e. The monoisotopic (exact) mass is 1130 g/mol. The summed E-state index contributed by atoms with van der Waals surface area (Å²) in [7, 11) is 8.83. The van der Waals surface area contributed by atoms with Gasteiger partial charge >= 0.3 is 18.1 Å². The number of carbonyl (C=O) groups is 4. The minimum absolute atomic E-state index is 0.0325. The minimum atomic E-state index is -1.51. The molecule has 4 aliphatic heterocycles. The highest BCUT2D eigenvalue weighted by Gasteiger charge is 2.60. The number of hydrogen-bond acceptors (Lipinski definition) is 19. The van der Waals surface area contributed by atoms with Crippen LogP contribution in [0.2, 0.25) is 0 Å². The highest BCUT2D eigenvalue weighted by Crippen LogP contribution is 2.45. The molecule has 7 rings (SSSR count). The lowest BCUT2D eigenvalue weighted by Gasteiger charge is -2.50. The lowest BCUT2D eigenvalue weighted by Crippen LogP contribution is -2.61. The molecule has 0 bridgehead atoms. The number of ketones is 1. The first kappa shape index (κ1) is 63.2. The molecular weight excluding hydrogens is 1040 g/mol. The van der Waals surface area contributed by atoms with Gasteiger partial charge in [-0.05, 0) is 113 Å². The molecule has 22 heteroatoms. The van der Waals surface area contributed by atoms with Crippen LogP contribution in [0.4, 0.5) is 14.9 Å². The summed E-state index contributed by atoms with van der Waals surface area (Å²) in [6, 6.07) is 2.43. The SMILES string of the molecule is CC[C@@H]1OC(=O)[C@H](C)[C@H](O[C@@H]2C[C@](C)(OC)[C@H](OCCCN(C)CCNc3cc4c(cc3F)c(=O)c(C(=O)O)cn4C3CC3)[C@H](C)O2)[C@@H](C)[C@H](O[C@H]2O[C@@H](C)C[C@@H](N(C)C)[C@H]2O)[C@](C)(OC)C[C@H](C)C(=O)[C@@H](C)[C@H]2OC(=O)O[C@@]12C. The molecule has 0 amide bonds. The number of Topliss-reactive ketones (excluding diaryl/α,β-unsaturated/α-hetero) is 1. The average Bonchev–Trinajstić information content (AvgIpc) is 4.21. The number of methoxy groups -OCH3 is 2. The summed E-state index contributed by atoms with van der Waals surface area (Å²) in [6.45, 7) is 19.9. The first-order valence-corrected chi connectivity index (χ1v) is 28.5. The van der Waals surface area contributed by atoms with Crippen molar-refractivity contribution in [2.24, 2.45) is 23.7 Å². The maximum absolute atomic E-state index is 15.4. The second-order valence-corrected chi connectivity index (χ2v) is 24.1. The van der Waals surface area contributed by atoms with Crippen LogP contribution in [0.5, 0.6) is 0 Å². The standard InChI is InChI=1S/C58H89FN4O17/c1-16-43-58(10)50(79-55(70)80-58)32(4)45(64)30(2)27-56(8,71-14)49(78-54-47(66)42(61(11)12)24-31(3)74-54)33(5)48(34(6)53(69)76-43)77-44-28-57(9,72-15)51(35(7)75-44)73-23-17-21-62(13)22-20-60-40-26-41-37(25-39(40)59)46(65)38(52(67)68)29-63(41)36-18-19-36/h25-26,29-36,42-44,47-51,54,60,66H,16-24,27-28H2,1-15H3,(H,67,68)/t30-,31-,32+,33+,34+,35-,42+,43-,44+,47+,48+,49-,50+,51+,54+,56+,57-,58-/m0/s1. The zero-order chi connectivity index (χ0) is 58.9. The third kappa shape index (κ3) is 13.3. The molecule has 1 aliphatic carbocycles. The molecule has 0 radical (unpaired) electrons. The molecule has 0 unspecified atom stereocenters. The number of nitrogens with one attached hydrogen (secondary N) is 1. The van der Waals surface area contributed by atoms with Crippen molar-refractivity contribution in [2.45, 2.75) is 204 Å². The van der Waals surface area contributed by atoms with Gasteiger partial charge in [-0.25, -0.2) is 14.0 Å². The molecule has 2 aromatic rings. The number of esters is 1. The Hall–Kier alpha value is -4.36. The van der Waals surface area contributed by atoms with E-state index in [-0.39, 0.29) is 59.9 Å². The maximum atomic E-state index is 15.4. The Morgan fingerprint density at radius 2 is 1.57 bits per heavy atom. The van der Waals surface area contributed by atoms with Crippen LogP contribution in [0.25, 0.3) is 10.9 Å². The van der Waals surface area contributed by atoms with E-state index in [1.54, 1.807) is 52.4 Å². The molecule has 1 saturated carbocycles. The van der Waals surface area contributed by atoms with Gasteiger partial charge in [0.15, 0.2) is 24.3 Å². The van der Waals surface area contributed by atoms with Crippen molar-refractivity contribution in [3.05, 3.63) is 39.9 Å². The molecule has 5 fully saturated rings. The fourth-order valence-electron chi connectivity index (χ4n) is 12.9. The van der Waals surface area contributed by atoms with Crippen LogP contribution in [-0.2, 0) is 57.0 Å². The highest BCUT2D eigenvalue weighted by atomic mass is 19.1. The van der Waals surface area contributed by atoms with E-state index in [1.807, 2.05) is 60.7 Å². The molecule has 21 nitrogen and oxygen atoms in total. The number of aliphatic hydroxyl groups is 1. The summed E-state index contributed by atoms with van der Waals surface area (Å²) < 4.78 is 81.3. The molecule has 3 N–H and O–H groups in total. The number of nitrogens with zero attached hydrogens (tertiary/aromatic N) is 3. The summed E-state index contributed by atoms with van der Waals surface area (Å²) in [5.74, 6) is -6.24. The van der Waals surface area contributed by atoms with Gasteiger partial charge in [0.1, 0.15) is 35.5 Å². The summed E-state index contributed by atoms with van der Waals surface area (Å²) in [5.41, 5.74) is -4.16. The van der Waals surface area contributed by atoms with Crippen molar-refractivity contribution in [1.29, 1.82) is 0 Å². The van der Waals surface area contributed by atoms with E-state index in [2.05, 4.69) is 10.2 Å². The number of hydrogen-bond donors (Lipinski definition) is 3. The van der Waals surface area contributed by atoms with Gasteiger partial charge in [0.2, 0.25) is 5.43 Å². The Morgan fingerprint density at radius 3 is 2.20 bits per heavy atom. The van der Waals surface area contributed by atoms with Crippen LogP contribution in [-0.4, -0.2) is 194 Å². The number of carboxylic acid groups (broad SMARTS) is 1. The van der Waals surface area contributed by atoms with Crippen LogP contribution in [0, 0.1) is 29.5 Å². The van der Waals surface area contributed by atoms with Gasteiger partial charge in [-0.2, -0.15) is 0 Å². The second-order valence-electron chi connectivity index (χ2n) is 24.1. The number of aromatic nitrogens is 1. The number of carbonyl (C=O) groups excluding carboxylic acids is 3. The first-order valence-electron chi connectivity index (χ1n) is 28.5. The molecule has 4 saturated heterocycles. The Morgan fingerprint density at radius 1 is 0.900 bits per heavy atom. The van der Waals surface area contributed by atoms with E-state index >= 15 is 4.39 Å². The average molecular weight is 1130 g/mol. The van der Waals surface area contributed by atoms with Crippen molar-refractivity contribution >= 4 is 40.5 Å². The Kier molecular flexibility index (Phi) is 20.3. The largest absolute Gasteiger partial charge is 0.509 e. The van der Waals surface area contributed by atoms with E-state index < -0.39 is 125 Å². The van der Waals surface area contributed by atoms with Gasteiger partial charge < -0.3 is 77.3 Å². The molecule has 80 heavy (non-hydrogen) atoms. The molecule has 5 aliphatic rings. The number of likely N-dealkylation sites (N-methyl/N-ethyl adjacent to an activating group) is 2. The van der Waals surface area contributed by atoms with E-state index in [4.69, 9.17) is 47.4 Å². The summed E-state index contributed by atoms with van der Waals surface area (Å²) >= 11 is 0. The fourth-order valence-corrected chi connectivity index (χ4v) is 12.9. The van der Waals surface area contributed by atoms with Gasteiger partial charge in [-0.1, -0.05) is 27.7 Å². The van der Waals surface area contributed by atoms with Gasteiger partial charge in [-0.3, -0.25) is 14.4 Å². The number of rotatable bonds is 19. The molecule has 1 aromatic heterocycles. The van der Waals surface area contributed by atoms with Crippen molar-refractivity contribution in [3.8, 4) is 0 Å². The van der Waals surface area contributed by atoms with Crippen LogP contribution in [0.1, 0.15) is 131 Å². The number of carboxylic acids is 1. The molecular formula is C58H89FN4O17. The van der Waals surface area contributed by atoms with Gasteiger partial charge in [-0.15, -0.1) is 0 Å². The fraction of sp³-hybridized carbons (Fsp3) is 0.776. The topological polar surface area (TPSA) is 242 Å². The van der Waals surface area contributed by atoms with E-state index in [0.717, 1.165) is 18.9 Å². The molecule has 0 spiro atoms. The minimum Gasteiger partial charge on any atom is -0.477 e. The quantitative estimate of drug-likeness (QED) is 0.0995. The lowest BCUT2D eigenvalue weighted by molar-refractivity contribution is -0.322. The van der Waals surface area contributed by atoms with Crippen molar-refractivity contribution in [2.75, 3.05) is 66.9 Å². The van der Waals surface area contributed by atoms with Crippen molar-refractivity contribution < 1.29 is 81.2 Å². The Balaban J connectivity index is 1.07. The zero-order valence-corrected chi connectivity index (χ0v) is 49.5. The van der Waals surface area contributed by atoms with Crippen molar-refractivity contribution in [1.82, 2.24) is 14.4 Å². The predicted octanol–water partition coefficient (Wildman–Crippen LogP) is 6.57. The Bertz CT molecular complexity index is 2580. The molecule has 18 atom stereocenters. The number of aliphatic hydroxyl groups excluding tert-OH is 1. The summed E-state index contributed by atoms with van der Waals surface area (Å²) in [4.78, 5) is 71.1. The zero-order valence-electron chi connectivity index (χ0n) is 49.5. The number of ether oxygens (including phenoxy) is 10. The molecule has 5 heterocycles. The Labute approximate surface area is 469 Å². The number of anilines is 1. The molecule has 1 aromatic carbocycles. The van der Waals surface area contributed by atoms with Crippen LogP contribution in [0.3, 0.4) is 0 Å².